The summed E-state index contributed by atoms with van der Waals surface area (Å²) in [7, 11) is 0. The number of esters is 1. The van der Waals surface area contributed by atoms with Crippen molar-refractivity contribution in [2.24, 2.45) is 0 Å². The zero-order chi connectivity index (χ0) is 12.1. The summed E-state index contributed by atoms with van der Waals surface area (Å²) >= 11 is 0. The smallest absolute Gasteiger partial charge is 0.341 e. The molecular formula is C9H14O6. The van der Waals surface area contributed by atoms with E-state index >= 15 is 0 Å². The maximum Gasteiger partial charge on any atom is 0.341 e. The normalized spacial score (nSPS) is 7.80. The van der Waals surface area contributed by atoms with Crippen LogP contribution in [0.25, 0.3) is 0 Å². The quantitative estimate of drug-likeness (QED) is 0.401. The Morgan fingerprint density at radius 2 is 2.07 bits per heavy atom. The highest BCUT2D eigenvalue weighted by atomic mass is 16.5. The van der Waals surface area contributed by atoms with Gasteiger partial charge in [-0.3, -0.25) is 9.59 Å². The largest absolute Gasteiger partial charge is 0.479 e. The van der Waals surface area contributed by atoms with Gasteiger partial charge in [0, 0.05) is 6.42 Å². The molecule has 0 radical (unpaired) electrons. The lowest BCUT2D eigenvalue weighted by molar-refractivity contribution is -0.147. The summed E-state index contributed by atoms with van der Waals surface area (Å²) in [5.41, 5.74) is 0. The maximum atomic E-state index is 10.3. The van der Waals surface area contributed by atoms with Gasteiger partial charge in [-0.05, 0) is 6.42 Å². The summed E-state index contributed by atoms with van der Waals surface area (Å²) in [4.78, 5) is 29.0. The van der Waals surface area contributed by atoms with Gasteiger partial charge in [-0.15, -0.1) is 0 Å². The number of carbonyl (C=O) groups excluding carboxylic acids is 2. The van der Waals surface area contributed by atoms with Gasteiger partial charge < -0.3 is 14.6 Å². The van der Waals surface area contributed by atoms with Crippen molar-refractivity contribution in [3.63, 3.8) is 0 Å². The van der Waals surface area contributed by atoms with E-state index in [2.05, 4.69) is 16.1 Å². The summed E-state index contributed by atoms with van der Waals surface area (Å²) in [6.07, 6.45) is 2.46. The second kappa shape index (κ2) is 12.2. The molecule has 0 amide bonds. The molecule has 0 aromatic rings. The molecule has 0 spiro atoms. The van der Waals surface area contributed by atoms with Crippen LogP contribution in [0, 0.1) is 0 Å². The van der Waals surface area contributed by atoms with Crippen molar-refractivity contribution in [2.45, 2.75) is 19.8 Å². The lowest BCUT2D eigenvalue weighted by atomic mass is 10.3. The summed E-state index contributed by atoms with van der Waals surface area (Å²) in [5.74, 6) is -1.35. The third kappa shape index (κ3) is 18.8. The second-order valence-electron chi connectivity index (χ2n) is 2.21. The SMILES string of the molecule is C=COC(=O)CCC.O=COCC(=O)O. The van der Waals surface area contributed by atoms with Crippen molar-refractivity contribution in [3.8, 4) is 0 Å². The van der Waals surface area contributed by atoms with Gasteiger partial charge in [0.05, 0.1) is 6.26 Å². The van der Waals surface area contributed by atoms with Crippen LogP contribution in [0.15, 0.2) is 12.8 Å². The third-order valence-electron chi connectivity index (χ3n) is 0.944. The fourth-order valence-corrected chi connectivity index (χ4v) is 0.461. The minimum absolute atomic E-state index is 0.0914. The molecule has 1 N–H and O–H groups in total. The van der Waals surface area contributed by atoms with Gasteiger partial charge in [0.15, 0.2) is 6.61 Å². The van der Waals surface area contributed by atoms with Gasteiger partial charge in [-0.1, -0.05) is 13.5 Å². The zero-order valence-electron chi connectivity index (χ0n) is 8.47. The van der Waals surface area contributed by atoms with Gasteiger partial charge >= 0.3 is 11.9 Å². The Hall–Kier alpha value is -1.85. The molecule has 0 rings (SSSR count). The van der Waals surface area contributed by atoms with Gasteiger partial charge in [0.1, 0.15) is 0 Å². The second-order valence-corrected chi connectivity index (χ2v) is 2.21. The fourth-order valence-electron chi connectivity index (χ4n) is 0.461. The highest BCUT2D eigenvalue weighted by Crippen LogP contribution is 1.89. The van der Waals surface area contributed by atoms with Crippen molar-refractivity contribution >= 4 is 18.4 Å². The van der Waals surface area contributed by atoms with Crippen LogP contribution in [0.3, 0.4) is 0 Å². The topological polar surface area (TPSA) is 89.9 Å². The summed E-state index contributed by atoms with van der Waals surface area (Å²) < 4.78 is 8.22. The Morgan fingerprint density at radius 3 is 2.33 bits per heavy atom. The van der Waals surface area contributed by atoms with Crippen molar-refractivity contribution in [2.75, 3.05) is 6.61 Å². The van der Waals surface area contributed by atoms with E-state index in [0.29, 0.717) is 6.42 Å². The van der Waals surface area contributed by atoms with Crippen LogP contribution in [0.2, 0.25) is 0 Å². The molecule has 0 aliphatic heterocycles. The van der Waals surface area contributed by atoms with E-state index in [1.807, 2.05) is 6.92 Å². The van der Waals surface area contributed by atoms with Crippen LogP contribution in [0.4, 0.5) is 0 Å². The number of carbonyl (C=O) groups is 3. The number of hydrogen-bond donors (Lipinski definition) is 1. The summed E-state index contributed by atoms with van der Waals surface area (Å²) in [5, 5.41) is 7.76. The number of carboxylic acids is 1. The number of aliphatic carboxylic acids is 1. The molecule has 0 aliphatic carbocycles. The molecule has 0 unspecified atom stereocenters. The summed E-state index contributed by atoms with van der Waals surface area (Å²) in [6, 6.07) is 0. The Labute approximate surface area is 87.5 Å². The first-order valence-electron chi connectivity index (χ1n) is 4.15. The molecule has 0 bridgehead atoms. The molecule has 0 saturated carbocycles. The fraction of sp³-hybridized carbons (Fsp3) is 0.444. The average Bonchev–Trinajstić information content (AvgIpc) is 2.16. The number of hydrogen-bond acceptors (Lipinski definition) is 5. The maximum absolute atomic E-state index is 10.3. The van der Waals surface area contributed by atoms with E-state index in [0.717, 1.165) is 12.7 Å². The third-order valence-corrected chi connectivity index (χ3v) is 0.944. The van der Waals surface area contributed by atoms with Crippen LogP contribution in [-0.2, 0) is 23.9 Å². The molecule has 0 aliphatic rings. The Kier molecular flexibility index (Phi) is 12.6. The van der Waals surface area contributed by atoms with E-state index in [-0.39, 0.29) is 12.4 Å². The average molecular weight is 218 g/mol. The first kappa shape index (κ1) is 15.6. The Bertz CT molecular complexity index is 211. The molecule has 86 valence electrons. The Balaban J connectivity index is 0. The number of carboxylic acid groups (broad SMARTS) is 1. The molecule has 0 aromatic heterocycles. The molecule has 0 heterocycles. The number of ether oxygens (including phenoxy) is 2. The highest BCUT2D eigenvalue weighted by Gasteiger charge is 1.94. The minimum Gasteiger partial charge on any atom is -0.479 e. The molecule has 15 heavy (non-hydrogen) atoms. The molecular weight excluding hydrogens is 204 g/mol. The summed E-state index contributed by atoms with van der Waals surface area (Å²) in [6.45, 7) is 4.70. The molecule has 0 fully saturated rings. The van der Waals surface area contributed by atoms with Crippen LogP contribution in [0.5, 0.6) is 0 Å². The van der Waals surface area contributed by atoms with E-state index in [4.69, 9.17) is 5.11 Å². The van der Waals surface area contributed by atoms with Gasteiger partial charge in [-0.25, -0.2) is 4.79 Å². The van der Waals surface area contributed by atoms with Crippen molar-refractivity contribution < 1.29 is 29.0 Å². The van der Waals surface area contributed by atoms with E-state index in [1.54, 1.807) is 0 Å². The first-order chi connectivity index (χ1) is 7.08. The van der Waals surface area contributed by atoms with Crippen LogP contribution >= 0.6 is 0 Å². The van der Waals surface area contributed by atoms with E-state index in [9.17, 15) is 14.4 Å². The molecule has 0 aromatic carbocycles. The molecule has 6 heteroatoms. The predicted octanol–water partition coefficient (Wildman–Crippen LogP) is 0.717. The van der Waals surface area contributed by atoms with Crippen molar-refractivity contribution in [1.82, 2.24) is 0 Å². The first-order valence-corrected chi connectivity index (χ1v) is 4.15. The standard InChI is InChI=1S/C6H10O2.C3H4O4/c1-3-5-6(7)8-4-2;4-2-7-1-3(5)6/h4H,2-3,5H2,1H3;2H,1H2,(H,5,6). The van der Waals surface area contributed by atoms with Gasteiger partial charge in [0.2, 0.25) is 0 Å². The monoisotopic (exact) mass is 218 g/mol. The van der Waals surface area contributed by atoms with Gasteiger partial charge in [0.25, 0.3) is 6.47 Å². The zero-order valence-corrected chi connectivity index (χ0v) is 8.47. The highest BCUT2D eigenvalue weighted by molar-refractivity contribution is 5.69. The number of rotatable bonds is 6. The predicted molar refractivity (Wildman–Crippen MR) is 50.8 cm³/mol. The van der Waals surface area contributed by atoms with Crippen molar-refractivity contribution in [3.05, 3.63) is 12.8 Å². The van der Waals surface area contributed by atoms with Crippen molar-refractivity contribution in [1.29, 1.82) is 0 Å². The Morgan fingerprint density at radius 1 is 1.47 bits per heavy atom. The van der Waals surface area contributed by atoms with Gasteiger partial charge in [-0.2, -0.15) is 0 Å². The molecule has 0 atom stereocenters. The molecule has 0 saturated heterocycles. The lowest BCUT2D eigenvalue weighted by Crippen LogP contribution is -2.04. The minimum atomic E-state index is -1.15. The molecule has 6 nitrogen and oxygen atoms in total. The van der Waals surface area contributed by atoms with E-state index < -0.39 is 12.6 Å². The van der Waals surface area contributed by atoms with Crippen LogP contribution in [0.1, 0.15) is 19.8 Å². The van der Waals surface area contributed by atoms with Crippen LogP contribution < -0.4 is 0 Å². The lowest BCUT2D eigenvalue weighted by Gasteiger charge is -1.92. The van der Waals surface area contributed by atoms with E-state index in [1.165, 1.54) is 0 Å². The van der Waals surface area contributed by atoms with Crippen LogP contribution in [-0.4, -0.2) is 30.1 Å².